The van der Waals surface area contributed by atoms with E-state index in [9.17, 15) is 4.79 Å². The monoisotopic (exact) mass is 336 g/mol. The van der Waals surface area contributed by atoms with E-state index in [4.69, 9.17) is 4.74 Å². The van der Waals surface area contributed by atoms with Gasteiger partial charge in [0.15, 0.2) is 4.34 Å². The third-order valence-electron chi connectivity index (χ3n) is 3.31. The fourth-order valence-electron chi connectivity index (χ4n) is 2.16. The number of amides is 1. The van der Waals surface area contributed by atoms with E-state index in [1.807, 2.05) is 30.5 Å². The van der Waals surface area contributed by atoms with Crippen LogP contribution >= 0.6 is 23.1 Å². The van der Waals surface area contributed by atoms with E-state index in [0.717, 1.165) is 36.3 Å². The van der Waals surface area contributed by atoms with Crippen molar-refractivity contribution in [1.29, 1.82) is 0 Å². The number of nitrogens with one attached hydrogen (secondary N) is 1. The number of hydrogen-bond donors (Lipinski definition) is 1. The number of benzene rings is 1. The fourth-order valence-corrected chi connectivity index (χ4v) is 3.32. The second-order valence-electron chi connectivity index (χ2n) is 4.68. The van der Waals surface area contributed by atoms with Gasteiger partial charge in [-0.1, -0.05) is 23.1 Å². The quantitative estimate of drug-likeness (QED) is 0.683. The number of rotatable bonds is 4. The minimum absolute atomic E-state index is 0.169. The zero-order valence-electron chi connectivity index (χ0n) is 12.1. The summed E-state index contributed by atoms with van der Waals surface area (Å²) >= 11 is 2.88. The molecule has 22 heavy (non-hydrogen) atoms. The summed E-state index contributed by atoms with van der Waals surface area (Å²) in [5.74, 6) is -0.169. The minimum Gasteiger partial charge on any atom is -0.378 e. The predicted molar refractivity (Wildman–Crippen MR) is 89.1 cm³/mol. The SMILES string of the molecule is CSc1nnc(NC(=O)c2ccc(N3CCOCC3)cc2)s1. The first-order chi connectivity index (χ1) is 10.8. The molecule has 8 heteroatoms. The Kier molecular flexibility index (Phi) is 4.91. The third kappa shape index (κ3) is 3.57. The number of anilines is 2. The Morgan fingerprint density at radius 3 is 2.64 bits per heavy atom. The molecule has 1 aliphatic rings. The lowest BCUT2D eigenvalue weighted by Crippen LogP contribution is -2.36. The molecule has 0 saturated carbocycles. The molecule has 1 aromatic carbocycles. The van der Waals surface area contributed by atoms with Gasteiger partial charge in [0.2, 0.25) is 5.13 Å². The van der Waals surface area contributed by atoms with Gasteiger partial charge < -0.3 is 9.64 Å². The van der Waals surface area contributed by atoms with E-state index in [1.165, 1.54) is 23.1 Å². The van der Waals surface area contributed by atoms with Crippen molar-refractivity contribution < 1.29 is 9.53 Å². The molecule has 0 unspecified atom stereocenters. The summed E-state index contributed by atoms with van der Waals surface area (Å²) in [6, 6.07) is 7.59. The van der Waals surface area contributed by atoms with Crippen LogP contribution in [0.3, 0.4) is 0 Å². The number of morpholine rings is 1. The molecular weight excluding hydrogens is 320 g/mol. The van der Waals surface area contributed by atoms with Crippen LogP contribution in [0.4, 0.5) is 10.8 Å². The smallest absolute Gasteiger partial charge is 0.257 e. The number of ether oxygens (including phenoxy) is 1. The second kappa shape index (κ2) is 7.08. The van der Waals surface area contributed by atoms with Crippen molar-refractivity contribution in [2.45, 2.75) is 4.34 Å². The maximum atomic E-state index is 12.2. The molecule has 1 amide bonds. The van der Waals surface area contributed by atoms with Crippen LogP contribution in [0.15, 0.2) is 28.6 Å². The maximum absolute atomic E-state index is 12.2. The molecule has 1 saturated heterocycles. The first-order valence-electron chi connectivity index (χ1n) is 6.88. The van der Waals surface area contributed by atoms with Crippen molar-refractivity contribution in [2.24, 2.45) is 0 Å². The van der Waals surface area contributed by atoms with E-state index in [0.29, 0.717) is 10.7 Å². The van der Waals surface area contributed by atoms with Crippen LogP contribution in [0.5, 0.6) is 0 Å². The molecule has 0 bridgehead atoms. The maximum Gasteiger partial charge on any atom is 0.257 e. The number of carbonyl (C=O) groups is 1. The Labute approximate surface area is 136 Å². The largest absolute Gasteiger partial charge is 0.378 e. The van der Waals surface area contributed by atoms with E-state index in [2.05, 4.69) is 20.4 Å². The molecule has 1 N–H and O–H groups in total. The summed E-state index contributed by atoms with van der Waals surface area (Å²) < 4.78 is 6.17. The van der Waals surface area contributed by atoms with Crippen LogP contribution in [-0.4, -0.2) is 48.7 Å². The normalized spacial score (nSPS) is 14.9. The number of aromatic nitrogens is 2. The predicted octanol–water partition coefficient (Wildman–Crippen LogP) is 2.35. The zero-order chi connectivity index (χ0) is 15.4. The van der Waals surface area contributed by atoms with Crippen molar-refractivity contribution in [1.82, 2.24) is 10.2 Å². The third-order valence-corrected chi connectivity index (χ3v) is 5.12. The van der Waals surface area contributed by atoms with Crippen molar-refractivity contribution in [3.05, 3.63) is 29.8 Å². The van der Waals surface area contributed by atoms with Crippen LogP contribution in [-0.2, 0) is 4.74 Å². The molecule has 0 atom stereocenters. The minimum atomic E-state index is -0.169. The van der Waals surface area contributed by atoms with Crippen LogP contribution in [0.25, 0.3) is 0 Å². The highest BCUT2D eigenvalue weighted by molar-refractivity contribution is 8.00. The van der Waals surface area contributed by atoms with Crippen molar-refractivity contribution in [3.8, 4) is 0 Å². The number of carbonyl (C=O) groups excluding carboxylic acids is 1. The first-order valence-corrected chi connectivity index (χ1v) is 8.92. The van der Waals surface area contributed by atoms with E-state index in [-0.39, 0.29) is 5.91 Å². The van der Waals surface area contributed by atoms with Crippen molar-refractivity contribution in [2.75, 3.05) is 42.8 Å². The second-order valence-corrected chi connectivity index (χ2v) is 6.71. The van der Waals surface area contributed by atoms with Gasteiger partial charge in [0.05, 0.1) is 13.2 Å². The molecular formula is C14H16N4O2S2. The van der Waals surface area contributed by atoms with Crippen LogP contribution in [0.1, 0.15) is 10.4 Å². The average Bonchev–Trinajstić information content (AvgIpc) is 3.03. The summed E-state index contributed by atoms with van der Waals surface area (Å²) in [6.07, 6.45) is 1.93. The summed E-state index contributed by atoms with van der Waals surface area (Å²) in [5, 5.41) is 11.2. The molecule has 2 aromatic rings. The lowest BCUT2D eigenvalue weighted by Gasteiger charge is -2.28. The van der Waals surface area contributed by atoms with Gasteiger partial charge in [0, 0.05) is 24.3 Å². The highest BCUT2D eigenvalue weighted by Crippen LogP contribution is 2.24. The Morgan fingerprint density at radius 1 is 1.27 bits per heavy atom. The van der Waals surface area contributed by atoms with Gasteiger partial charge in [-0.15, -0.1) is 10.2 Å². The Balaban J connectivity index is 1.65. The Bertz CT molecular complexity index is 639. The highest BCUT2D eigenvalue weighted by Gasteiger charge is 2.13. The van der Waals surface area contributed by atoms with Crippen molar-refractivity contribution >= 4 is 39.8 Å². The highest BCUT2D eigenvalue weighted by atomic mass is 32.2. The van der Waals surface area contributed by atoms with Gasteiger partial charge in [-0.05, 0) is 30.5 Å². The number of nitrogens with zero attached hydrogens (tertiary/aromatic N) is 3. The van der Waals surface area contributed by atoms with Gasteiger partial charge >= 0.3 is 0 Å². The number of hydrogen-bond acceptors (Lipinski definition) is 7. The summed E-state index contributed by atoms with van der Waals surface area (Å²) in [6.45, 7) is 3.26. The van der Waals surface area contributed by atoms with E-state index >= 15 is 0 Å². The Morgan fingerprint density at radius 2 is 2.00 bits per heavy atom. The molecule has 0 radical (unpaired) electrons. The standard InChI is InChI=1S/C14H16N4O2S2/c1-21-14-17-16-13(22-14)15-12(19)10-2-4-11(5-3-10)18-6-8-20-9-7-18/h2-5H,6-9H2,1H3,(H,15,16,19). The fraction of sp³-hybridized carbons (Fsp3) is 0.357. The summed E-state index contributed by atoms with van der Waals surface area (Å²) in [4.78, 5) is 14.4. The molecule has 1 aromatic heterocycles. The van der Waals surface area contributed by atoms with Gasteiger partial charge in [-0.3, -0.25) is 10.1 Å². The molecule has 1 fully saturated rings. The van der Waals surface area contributed by atoms with Crippen molar-refractivity contribution in [3.63, 3.8) is 0 Å². The van der Waals surface area contributed by atoms with E-state index in [1.54, 1.807) is 0 Å². The van der Waals surface area contributed by atoms with Gasteiger partial charge in [0.1, 0.15) is 0 Å². The Hall–Kier alpha value is -1.64. The van der Waals surface area contributed by atoms with Crippen LogP contribution in [0.2, 0.25) is 0 Å². The summed E-state index contributed by atoms with van der Waals surface area (Å²) in [5.41, 5.74) is 1.72. The van der Waals surface area contributed by atoms with Gasteiger partial charge in [-0.2, -0.15) is 0 Å². The topological polar surface area (TPSA) is 67.4 Å². The molecule has 0 spiro atoms. The lowest BCUT2D eigenvalue weighted by molar-refractivity contribution is 0.102. The van der Waals surface area contributed by atoms with E-state index < -0.39 is 0 Å². The average molecular weight is 336 g/mol. The molecule has 116 valence electrons. The first kappa shape index (κ1) is 15.3. The van der Waals surface area contributed by atoms with Gasteiger partial charge in [-0.25, -0.2) is 0 Å². The lowest BCUT2D eigenvalue weighted by atomic mass is 10.2. The van der Waals surface area contributed by atoms with Gasteiger partial charge in [0.25, 0.3) is 5.91 Å². The molecule has 2 heterocycles. The zero-order valence-corrected chi connectivity index (χ0v) is 13.7. The molecule has 6 nitrogen and oxygen atoms in total. The molecule has 3 rings (SSSR count). The number of thioether (sulfide) groups is 1. The van der Waals surface area contributed by atoms with Crippen LogP contribution < -0.4 is 10.2 Å². The summed E-state index contributed by atoms with van der Waals surface area (Å²) in [7, 11) is 0. The van der Waals surface area contributed by atoms with Crippen LogP contribution in [0, 0.1) is 0 Å². The molecule has 0 aliphatic carbocycles. The molecule has 1 aliphatic heterocycles.